The lowest BCUT2D eigenvalue weighted by molar-refractivity contribution is -0.133. The molecule has 0 aliphatic heterocycles. The van der Waals surface area contributed by atoms with E-state index in [2.05, 4.69) is 5.32 Å². The van der Waals surface area contributed by atoms with Gasteiger partial charge in [-0.1, -0.05) is 0 Å². The number of aliphatic hydroxyl groups excluding tert-OH is 1. The molecule has 2 amide bonds. The van der Waals surface area contributed by atoms with Crippen molar-refractivity contribution in [1.82, 2.24) is 10.8 Å². The van der Waals surface area contributed by atoms with E-state index >= 15 is 0 Å². The number of hydroxylamine groups is 1. The first-order chi connectivity index (χ1) is 8.99. The fraction of sp³-hybridized carbons (Fsp3) is 0.250. The maximum absolute atomic E-state index is 11.8. The zero-order valence-corrected chi connectivity index (χ0v) is 10.1. The van der Waals surface area contributed by atoms with Crippen molar-refractivity contribution in [1.29, 1.82) is 5.26 Å². The van der Waals surface area contributed by atoms with Crippen LogP contribution >= 0.6 is 0 Å². The van der Waals surface area contributed by atoms with Crippen LogP contribution in [-0.2, 0) is 4.79 Å². The van der Waals surface area contributed by atoms with Crippen LogP contribution in [0.1, 0.15) is 22.8 Å². The van der Waals surface area contributed by atoms with Crippen molar-refractivity contribution in [2.24, 2.45) is 0 Å². The van der Waals surface area contributed by atoms with Crippen LogP contribution in [0.25, 0.3) is 0 Å². The summed E-state index contributed by atoms with van der Waals surface area (Å²) in [6.07, 6.45) is -1.17. The first-order valence-corrected chi connectivity index (χ1v) is 5.42. The summed E-state index contributed by atoms with van der Waals surface area (Å²) in [5, 5.41) is 28.8. The van der Waals surface area contributed by atoms with Gasteiger partial charge >= 0.3 is 0 Å². The lowest BCUT2D eigenvalue weighted by Crippen LogP contribution is -2.51. The minimum Gasteiger partial charge on any atom is -0.391 e. The number of nitrogens with zero attached hydrogens (tertiary/aromatic N) is 1. The van der Waals surface area contributed by atoms with E-state index in [4.69, 9.17) is 10.5 Å². The number of amides is 2. The third kappa shape index (κ3) is 3.77. The van der Waals surface area contributed by atoms with Crippen LogP contribution in [0.4, 0.5) is 0 Å². The number of benzene rings is 1. The highest BCUT2D eigenvalue weighted by Crippen LogP contribution is 2.04. The molecule has 0 spiro atoms. The summed E-state index contributed by atoms with van der Waals surface area (Å²) in [7, 11) is 0. The Balaban J connectivity index is 2.82. The highest BCUT2D eigenvalue weighted by atomic mass is 16.5. The Morgan fingerprint density at radius 2 is 1.89 bits per heavy atom. The molecule has 0 radical (unpaired) electrons. The molecule has 0 saturated carbocycles. The smallest absolute Gasteiger partial charge is 0.268 e. The first kappa shape index (κ1) is 14.6. The lowest BCUT2D eigenvalue weighted by Gasteiger charge is -2.19. The van der Waals surface area contributed by atoms with Gasteiger partial charge in [0.2, 0.25) is 0 Å². The van der Waals surface area contributed by atoms with Gasteiger partial charge in [-0.05, 0) is 31.2 Å². The molecule has 1 aromatic rings. The molecular formula is C12H13N3O4. The van der Waals surface area contributed by atoms with Crippen molar-refractivity contribution in [3.8, 4) is 6.07 Å². The van der Waals surface area contributed by atoms with Gasteiger partial charge in [-0.25, -0.2) is 5.48 Å². The normalized spacial score (nSPS) is 12.9. The Bertz CT molecular complexity index is 505. The Morgan fingerprint density at radius 3 is 2.32 bits per heavy atom. The van der Waals surface area contributed by atoms with Crippen molar-refractivity contribution in [3.05, 3.63) is 35.4 Å². The average molecular weight is 263 g/mol. The van der Waals surface area contributed by atoms with Crippen molar-refractivity contribution >= 4 is 11.8 Å². The Labute approximate surface area is 109 Å². The fourth-order valence-electron chi connectivity index (χ4n) is 1.40. The molecule has 100 valence electrons. The second-order valence-electron chi connectivity index (χ2n) is 3.86. The standard InChI is InChI=1S/C12H13N3O4/c1-7(16)10(12(18)15-19)14-11(17)9-4-2-8(6-13)3-5-9/h2-5,7,10,16,19H,1H3,(H,14,17)(H,15,18)/t7-,10+/m1/s1. The van der Waals surface area contributed by atoms with E-state index in [1.54, 1.807) is 0 Å². The molecule has 0 unspecified atom stereocenters. The summed E-state index contributed by atoms with van der Waals surface area (Å²) in [5.41, 5.74) is 2.00. The molecule has 0 fully saturated rings. The van der Waals surface area contributed by atoms with Crippen LogP contribution in [0.15, 0.2) is 24.3 Å². The number of hydrogen-bond donors (Lipinski definition) is 4. The first-order valence-electron chi connectivity index (χ1n) is 5.42. The molecule has 1 aromatic carbocycles. The second-order valence-corrected chi connectivity index (χ2v) is 3.86. The number of hydrogen-bond acceptors (Lipinski definition) is 5. The van der Waals surface area contributed by atoms with E-state index in [-0.39, 0.29) is 5.56 Å². The zero-order valence-electron chi connectivity index (χ0n) is 10.1. The number of rotatable bonds is 4. The molecule has 7 nitrogen and oxygen atoms in total. The summed E-state index contributed by atoms with van der Waals surface area (Å²) < 4.78 is 0. The van der Waals surface area contributed by atoms with Gasteiger partial charge in [0.1, 0.15) is 6.04 Å². The molecular weight excluding hydrogens is 250 g/mol. The second kappa shape index (κ2) is 6.49. The average Bonchev–Trinajstić information content (AvgIpc) is 2.43. The molecule has 7 heteroatoms. The highest BCUT2D eigenvalue weighted by Gasteiger charge is 2.25. The predicted molar refractivity (Wildman–Crippen MR) is 64.0 cm³/mol. The van der Waals surface area contributed by atoms with Crippen molar-refractivity contribution in [2.45, 2.75) is 19.1 Å². The van der Waals surface area contributed by atoms with Gasteiger partial charge in [-0.2, -0.15) is 5.26 Å². The number of aliphatic hydroxyl groups is 1. The molecule has 0 aliphatic rings. The van der Waals surface area contributed by atoms with Crippen LogP contribution in [-0.4, -0.2) is 34.3 Å². The van der Waals surface area contributed by atoms with Crippen molar-refractivity contribution < 1.29 is 19.9 Å². The van der Waals surface area contributed by atoms with Crippen LogP contribution < -0.4 is 10.8 Å². The Hall–Kier alpha value is -2.43. The minimum absolute atomic E-state index is 0.232. The Kier molecular flexibility index (Phi) is 5.00. The lowest BCUT2D eigenvalue weighted by atomic mass is 10.1. The van der Waals surface area contributed by atoms with Crippen LogP contribution in [0, 0.1) is 11.3 Å². The highest BCUT2D eigenvalue weighted by molar-refractivity contribution is 5.97. The molecule has 0 heterocycles. The van der Waals surface area contributed by atoms with Gasteiger partial charge in [0.25, 0.3) is 11.8 Å². The SMILES string of the molecule is C[C@@H](O)[C@H](NC(=O)c1ccc(C#N)cc1)C(=O)NO. The molecule has 0 saturated heterocycles. The number of carbonyl (C=O) groups excluding carboxylic acids is 2. The van der Waals surface area contributed by atoms with Gasteiger partial charge in [-0.15, -0.1) is 0 Å². The third-order valence-corrected chi connectivity index (χ3v) is 2.44. The fourth-order valence-corrected chi connectivity index (χ4v) is 1.40. The van der Waals surface area contributed by atoms with E-state index < -0.39 is 24.0 Å². The van der Waals surface area contributed by atoms with E-state index in [1.165, 1.54) is 36.7 Å². The quantitative estimate of drug-likeness (QED) is 0.432. The predicted octanol–water partition coefficient (Wildman–Crippen LogP) is -0.457. The maximum Gasteiger partial charge on any atom is 0.268 e. The Morgan fingerprint density at radius 1 is 1.32 bits per heavy atom. The topological polar surface area (TPSA) is 122 Å². The van der Waals surface area contributed by atoms with Gasteiger partial charge in [0, 0.05) is 5.56 Å². The minimum atomic E-state index is -1.27. The monoisotopic (exact) mass is 263 g/mol. The molecule has 0 aromatic heterocycles. The molecule has 1 rings (SSSR count). The summed E-state index contributed by atoms with van der Waals surface area (Å²) in [6.45, 7) is 1.30. The maximum atomic E-state index is 11.8. The van der Waals surface area contributed by atoms with E-state index in [9.17, 15) is 14.7 Å². The molecule has 19 heavy (non-hydrogen) atoms. The van der Waals surface area contributed by atoms with Gasteiger partial charge in [0.15, 0.2) is 0 Å². The van der Waals surface area contributed by atoms with Crippen LogP contribution in [0.3, 0.4) is 0 Å². The summed E-state index contributed by atoms with van der Waals surface area (Å²) >= 11 is 0. The van der Waals surface area contributed by atoms with Gasteiger partial charge < -0.3 is 10.4 Å². The summed E-state index contributed by atoms with van der Waals surface area (Å²) in [6, 6.07) is 6.39. The van der Waals surface area contributed by atoms with E-state index in [1.807, 2.05) is 6.07 Å². The molecule has 2 atom stereocenters. The van der Waals surface area contributed by atoms with Crippen LogP contribution in [0.2, 0.25) is 0 Å². The van der Waals surface area contributed by atoms with Crippen molar-refractivity contribution in [3.63, 3.8) is 0 Å². The summed E-state index contributed by atoms with van der Waals surface area (Å²) in [4.78, 5) is 23.1. The zero-order chi connectivity index (χ0) is 14.4. The summed E-state index contributed by atoms with van der Waals surface area (Å²) in [5.74, 6) is -1.52. The van der Waals surface area contributed by atoms with Gasteiger partial charge in [0.05, 0.1) is 17.7 Å². The molecule has 4 N–H and O–H groups in total. The van der Waals surface area contributed by atoms with E-state index in [0.717, 1.165) is 0 Å². The molecule has 0 bridgehead atoms. The van der Waals surface area contributed by atoms with Crippen molar-refractivity contribution in [2.75, 3.05) is 0 Å². The molecule has 0 aliphatic carbocycles. The number of carbonyl (C=O) groups is 2. The van der Waals surface area contributed by atoms with Gasteiger partial charge in [-0.3, -0.25) is 14.8 Å². The largest absolute Gasteiger partial charge is 0.391 e. The van der Waals surface area contributed by atoms with E-state index in [0.29, 0.717) is 5.56 Å². The third-order valence-electron chi connectivity index (χ3n) is 2.44. The number of nitrogens with one attached hydrogen (secondary N) is 2. The van der Waals surface area contributed by atoms with Crippen LogP contribution in [0.5, 0.6) is 0 Å². The number of nitriles is 1.